The minimum Gasteiger partial charge on any atom is -0.508 e. The Bertz CT molecular complexity index is 801. The minimum absolute atomic E-state index is 0.334. The summed E-state index contributed by atoms with van der Waals surface area (Å²) in [7, 11) is 0. The fourth-order valence-electron chi connectivity index (χ4n) is 3.13. The molecule has 0 saturated carbocycles. The van der Waals surface area contributed by atoms with Gasteiger partial charge in [0.15, 0.2) is 0 Å². The van der Waals surface area contributed by atoms with Gasteiger partial charge in [0.25, 0.3) is 0 Å². The molecule has 2 fully saturated rings. The van der Waals surface area contributed by atoms with E-state index < -0.39 is 24.3 Å². The number of benzene rings is 1. The number of carbonyl (C=O) groups is 2. The predicted molar refractivity (Wildman–Crippen MR) is 111 cm³/mol. The molecule has 2 heterocycles. The number of halogens is 7. The van der Waals surface area contributed by atoms with Gasteiger partial charge in [0.1, 0.15) is 5.75 Å². The number of piperazine rings is 1. The van der Waals surface area contributed by atoms with Gasteiger partial charge in [0.2, 0.25) is 0 Å². The summed E-state index contributed by atoms with van der Waals surface area (Å²) in [6.45, 7) is 6.95. The molecule has 8 nitrogen and oxygen atoms in total. The number of ether oxygens (including phenoxy) is 1. The Morgan fingerprint density at radius 3 is 1.89 bits per heavy atom. The number of rotatable bonds is 4. The SMILES string of the molecule is O=C(O)C(F)(F)F.O=C(O)C(F)(F)F.Oc1ccc(Cl)cc1CN1CCN(CC2CCCO2)CC1. The first-order chi connectivity index (χ1) is 16.1. The lowest BCUT2D eigenvalue weighted by Gasteiger charge is -2.35. The highest BCUT2D eigenvalue weighted by Crippen LogP contribution is 2.23. The van der Waals surface area contributed by atoms with E-state index in [2.05, 4.69) is 9.80 Å². The topological polar surface area (TPSA) is 111 Å². The Kier molecular flexibility index (Phi) is 12.0. The molecule has 1 aromatic carbocycles. The molecule has 200 valence electrons. The van der Waals surface area contributed by atoms with Crippen molar-refractivity contribution in [3.05, 3.63) is 28.8 Å². The van der Waals surface area contributed by atoms with Crippen LogP contribution in [0.5, 0.6) is 5.75 Å². The standard InChI is InChI=1S/C16H23ClN2O2.2C2HF3O2/c17-14-3-4-16(20)13(10-14)11-18-5-7-19(8-6-18)12-15-2-1-9-21-15;2*3-2(4,5)1(6)7/h3-4,10,15,20H,1-2,5-9,11-12H2;2*(H,6,7). The zero-order valence-electron chi connectivity index (χ0n) is 18.3. The van der Waals surface area contributed by atoms with Gasteiger partial charge in [-0.3, -0.25) is 9.80 Å². The monoisotopic (exact) mass is 538 g/mol. The van der Waals surface area contributed by atoms with E-state index in [1.807, 2.05) is 6.07 Å². The van der Waals surface area contributed by atoms with Crippen LogP contribution in [0.1, 0.15) is 18.4 Å². The normalized spacial score (nSPS) is 19.2. The Morgan fingerprint density at radius 1 is 0.971 bits per heavy atom. The van der Waals surface area contributed by atoms with Crippen molar-refractivity contribution in [2.24, 2.45) is 0 Å². The van der Waals surface area contributed by atoms with E-state index in [0.29, 0.717) is 16.9 Å². The Hall–Kier alpha value is -2.29. The van der Waals surface area contributed by atoms with Crippen molar-refractivity contribution in [1.29, 1.82) is 0 Å². The molecule has 0 radical (unpaired) electrons. The van der Waals surface area contributed by atoms with Gasteiger partial charge in [-0.2, -0.15) is 26.3 Å². The molecule has 2 saturated heterocycles. The Labute approximate surface area is 201 Å². The number of carboxylic acid groups (broad SMARTS) is 2. The molecule has 15 heteroatoms. The van der Waals surface area contributed by atoms with Gasteiger partial charge in [-0.05, 0) is 31.0 Å². The van der Waals surface area contributed by atoms with Crippen molar-refractivity contribution in [3.8, 4) is 5.75 Å². The summed E-state index contributed by atoms with van der Waals surface area (Å²) in [6, 6.07) is 5.25. The largest absolute Gasteiger partial charge is 0.508 e. The van der Waals surface area contributed by atoms with Crippen molar-refractivity contribution in [2.75, 3.05) is 39.3 Å². The van der Waals surface area contributed by atoms with Crippen LogP contribution in [-0.4, -0.2) is 94.8 Å². The first kappa shape index (κ1) is 30.7. The number of hydrogen-bond acceptors (Lipinski definition) is 6. The predicted octanol–water partition coefficient (Wildman–Crippen LogP) is 3.61. The lowest BCUT2D eigenvalue weighted by molar-refractivity contribution is -0.193. The number of alkyl halides is 6. The van der Waals surface area contributed by atoms with E-state index in [1.165, 1.54) is 12.8 Å². The first-order valence-electron chi connectivity index (χ1n) is 10.2. The van der Waals surface area contributed by atoms with Gasteiger partial charge in [0.05, 0.1) is 6.10 Å². The molecule has 0 aromatic heterocycles. The highest BCUT2D eigenvalue weighted by atomic mass is 35.5. The fraction of sp³-hybridized carbons (Fsp3) is 0.600. The van der Waals surface area contributed by atoms with Crippen molar-refractivity contribution < 1.29 is 56.0 Å². The van der Waals surface area contributed by atoms with Crippen LogP contribution < -0.4 is 0 Å². The summed E-state index contributed by atoms with van der Waals surface area (Å²) < 4.78 is 69.2. The number of hydrogen-bond donors (Lipinski definition) is 3. The average Bonchev–Trinajstić information content (AvgIpc) is 3.25. The lowest BCUT2D eigenvalue weighted by atomic mass is 10.1. The highest BCUT2D eigenvalue weighted by Gasteiger charge is 2.38. The number of aromatic hydroxyl groups is 1. The second kappa shape index (κ2) is 13.7. The maximum absolute atomic E-state index is 10.6. The van der Waals surface area contributed by atoms with Crippen molar-refractivity contribution >= 4 is 23.5 Å². The fourth-order valence-corrected chi connectivity index (χ4v) is 3.32. The summed E-state index contributed by atoms with van der Waals surface area (Å²) in [5.41, 5.74) is 0.912. The lowest BCUT2D eigenvalue weighted by Crippen LogP contribution is -2.48. The summed E-state index contributed by atoms with van der Waals surface area (Å²) in [5, 5.41) is 24.8. The Balaban J connectivity index is 0.000000362. The highest BCUT2D eigenvalue weighted by molar-refractivity contribution is 6.30. The molecule has 1 unspecified atom stereocenters. The number of phenolic OH excluding ortho intramolecular Hbond substituents is 1. The molecule has 1 aromatic rings. The average molecular weight is 539 g/mol. The van der Waals surface area contributed by atoms with Crippen LogP contribution in [0.25, 0.3) is 0 Å². The van der Waals surface area contributed by atoms with Gasteiger partial charge in [-0.15, -0.1) is 0 Å². The van der Waals surface area contributed by atoms with Crippen LogP contribution in [0.15, 0.2) is 18.2 Å². The molecule has 0 amide bonds. The number of phenols is 1. The van der Waals surface area contributed by atoms with E-state index in [1.54, 1.807) is 12.1 Å². The molecule has 3 rings (SSSR count). The zero-order chi connectivity index (χ0) is 26.8. The van der Waals surface area contributed by atoms with E-state index >= 15 is 0 Å². The van der Waals surface area contributed by atoms with Gasteiger partial charge in [-0.1, -0.05) is 11.6 Å². The van der Waals surface area contributed by atoms with Crippen LogP contribution in [-0.2, 0) is 20.9 Å². The molecule has 0 bridgehead atoms. The molecule has 0 aliphatic carbocycles. The maximum atomic E-state index is 10.6. The van der Waals surface area contributed by atoms with Crippen LogP contribution in [0, 0.1) is 0 Å². The zero-order valence-corrected chi connectivity index (χ0v) is 19.0. The van der Waals surface area contributed by atoms with Gasteiger partial charge in [-0.25, -0.2) is 9.59 Å². The van der Waals surface area contributed by atoms with Crippen LogP contribution in [0.2, 0.25) is 5.02 Å². The van der Waals surface area contributed by atoms with E-state index in [9.17, 15) is 31.4 Å². The van der Waals surface area contributed by atoms with E-state index in [0.717, 1.165) is 51.4 Å². The molecule has 2 aliphatic heterocycles. The molecule has 3 N–H and O–H groups in total. The number of carboxylic acids is 2. The third kappa shape index (κ3) is 12.3. The van der Waals surface area contributed by atoms with Crippen molar-refractivity contribution in [2.45, 2.75) is 37.8 Å². The number of aliphatic carboxylic acids is 2. The summed E-state index contributed by atoms with van der Waals surface area (Å²) in [4.78, 5) is 22.7. The van der Waals surface area contributed by atoms with E-state index in [-0.39, 0.29) is 0 Å². The maximum Gasteiger partial charge on any atom is 0.490 e. The molecule has 2 aliphatic rings. The first-order valence-corrected chi connectivity index (χ1v) is 10.6. The van der Waals surface area contributed by atoms with Crippen molar-refractivity contribution in [1.82, 2.24) is 9.80 Å². The summed E-state index contributed by atoms with van der Waals surface area (Å²) in [5.74, 6) is -5.18. The molecule has 35 heavy (non-hydrogen) atoms. The van der Waals surface area contributed by atoms with Crippen LogP contribution >= 0.6 is 11.6 Å². The minimum atomic E-state index is -5.08. The number of nitrogens with zero attached hydrogens (tertiary/aromatic N) is 2. The van der Waals surface area contributed by atoms with Crippen LogP contribution in [0.4, 0.5) is 26.3 Å². The quantitative estimate of drug-likeness (QED) is 0.499. The molecular formula is C20H25ClF6N2O6. The van der Waals surface area contributed by atoms with Gasteiger partial charge >= 0.3 is 24.3 Å². The molecule has 1 atom stereocenters. The van der Waals surface area contributed by atoms with Crippen LogP contribution in [0.3, 0.4) is 0 Å². The van der Waals surface area contributed by atoms with Crippen molar-refractivity contribution in [3.63, 3.8) is 0 Å². The summed E-state index contributed by atoms with van der Waals surface area (Å²) in [6.07, 6.45) is -7.32. The van der Waals surface area contributed by atoms with E-state index in [4.69, 9.17) is 36.1 Å². The smallest absolute Gasteiger partial charge is 0.490 e. The summed E-state index contributed by atoms with van der Waals surface area (Å²) >= 11 is 6.00. The second-order valence-corrected chi connectivity index (χ2v) is 8.03. The van der Waals surface area contributed by atoms with Gasteiger partial charge in [0, 0.05) is 56.5 Å². The van der Waals surface area contributed by atoms with Gasteiger partial charge < -0.3 is 20.1 Å². The Morgan fingerprint density at radius 2 is 1.46 bits per heavy atom. The third-order valence-corrected chi connectivity index (χ3v) is 5.11. The second-order valence-electron chi connectivity index (χ2n) is 7.59. The third-order valence-electron chi connectivity index (χ3n) is 4.87. The molecule has 0 spiro atoms. The molecular weight excluding hydrogens is 514 g/mol.